The Kier molecular flexibility index (Phi) is 10.1. The molecular formula is C26H28ClN3O4. The maximum absolute atomic E-state index is 12.9. The van der Waals surface area contributed by atoms with Crippen molar-refractivity contribution in [2.24, 2.45) is 5.73 Å². The highest BCUT2D eigenvalue weighted by atomic mass is 35.5. The number of methoxy groups -OCH3 is 1. The Morgan fingerprint density at radius 3 is 2.00 bits per heavy atom. The van der Waals surface area contributed by atoms with Crippen molar-refractivity contribution in [1.82, 2.24) is 4.90 Å². The second-order valence-corrected chi connectivity index (χ2v) is 7.35. The van der Waals surface area contributed by atoms with Crippen molar-refractivity contribution in [2.45, 2.75) is 6.42 Å². The van der Waals surface area contributed by atoms with E-state index < -0.39 is 0 Å². The molecule has 3 aromatic rings. The highest BCUT2D eigenvalue weighted by molar-refractivity contribution is 5.95. The Labute approximate surface area is 205 Å². The van der Waals surface area contributed by atoms with Crippen LogP contribution in [0.3, 0.4) is 0 Å². The SMILES string of the molecule is COC(=O)CCN(CCOc1ccc(-c2ccc(C(=N)N)cc2)cc1)C(=O)c1ccccc1.Cl. The van der Waals surface area contributed by atoms with Crippen LogP contribution in [0.4, 0.5) is 0 Å². The molecule has 0 spiro atoms. The number of hydrogen-bond donors (Lipinski definition) is 2. The monoisotopic (exact) mass is 481 g/mol. The van der Waals surface area contributed by atoms with Crippen LogP contribution < -0.4 is 10.5 Å². The summed E-state index contributed by atoms with van der Waals surface area (Å²) in [5, 5.41) is 7.48. The van der Waals surface area contributed by atoms with Gasteiger partial charge < -0.3 is 20.1 Å². The number of rotatable bonds is 10. The predicted octanol–water partition coefficient (Wildman–Crippen LogP) is 4.14. The summed E-state index contributed by atoms with van der Waals surface area (Å²) < 4.78 is 10.5. The highest BCUT2D eigenvalue weighted by Gasteiger charge is 2.17. The number of carbonyl (C=O) groups excluding carboxylic acids is 2. The molecule has 7 nitrogen and oxygen atoms in total. The standard InChI is InChI=1S/C26H27N3O4.ClH/c1-32-24(30)15-16-29(26(31)22-5-3-2-4-6-22)17-18-33-23-13-11-20(12-14-23)19-7-9-21(10-8-19)25(27)28;/h2-14H,15-18H2,1H3,(H3,27,28);1H. The van der Waals surface area contributed by atoms with Crippen LogP contribution in [0, 0.1) is 5.41 Å². The molecule has 0 unspecified atom stereocenters. The number of hydrogen-bond acceptors (Lipinski definition) is 5. The van der Waals surface area contributed by atoms with Gasteiger partial charge in [-0.15, -0.1) is 12.4 Å². The minimum Gasteiger partial charge on any atom is -0.492 e. The summed E-state index contributed by atoms with van der Waals surface area (Å²) >= 11 is 0. The maximum atomic E-state index is 12.9. The molecule has 0 saturated carbocycles. The fourth-order valence-electron chi connectivity index (χ4n) is 3.27. The van der Waals surface area contributed by atoms with Crippen molar-refractivity contribution in [3.05, 3.63) is 90.0 Å². The van der Waals surface area contributed by atoms with Crippen LogP contribution in [0.15, 0.2) is 78.9 Å². The van der Waals surface area contributed by atoms with Crippen molar-refractivity contribution in [3.8, 4) is 16.9 Å². The Bertz CT molecular complexity index is 1090. The Hall–Kier alpha value is -3.84. The van der Waals surface area contributed by atoms with Crippen LogP contribution in [0.25, 0.3) is 11.1 Å². The molecule has 0 heterocycles. The average Bonchev–Trinajstić information content (AvgIpc) is 2.86. The second-order valence-electron chi connectivity index (χ2n) is 7.35. The Morgan fingerprint density at radius 1 is 0.853 bits per heavy atom. The summed E-state index contributed by atoms with van der Waals surface area (Å²) in [7, 11) is 1.33. The van der Waals surface area contributed by atoms with Crippen molar-refractivity contribution in [3.63, 3.8) is 0 Å². The van der Waals surface area contributed by atoms with Crippen molar-refractivity contribution >= 4 is 30.1 Å². The molecule has 0 aliphatic heterocycles. The van der Waals surface area contributed by atoms with E-state index in [1.165, 1.54) is 7.11 Å². The normalized spacial score (nSPS) is 10.0. The minimum absolute atomic E-state index is 0. The number of benzene rings is 3. The molecule has 0 aliphatic carbocycles. The van der Waals surface area contributed by atoms with Gasteiger partial charge in [-0.3, -0.25) is 15.0 Å². The lowest BCUT2D eigenvalue weighted by molar-refractivity contribution is -0.140. The van der Waals surface area contributed by atoms with Gasteiger partial charge in [-0.05, 0) is 35.4 Å². The van der Waals surface area contributed by atoms with Gasteiger partial charge in [0.2, 0.25) is 0 Å². The van der Waals surface area contributed by atoms with E-state index in [9.17, 15) is 9.59 Å². The Balaban J connectivity index is 0.00000408. The third-order valence-electron chi connectivity index (χ3n) is 5.13. The topological polar surface area (TPSA) is 106 Å². The van der Waals surface area contributed by atoms with Crippen LogP contribution in [0.5, 0.6) is 5.75 Å². The number of ether oxygens (including phenoxy) is 2. The average molecular weight is 482 g/mol. The third kappa shape index (κ3) is 7.35. The van der Waals surface area contributed by atoms with Crippen molar-refractivity contribution in [2.75, 3.05) is 26.8 Å². The lowest BCUT2D eigenvalue weighted by Crippen LogP contribution is -2.36. The molecule has 0 aromatic heterocycles. The number of nitrogens with two attached hydrogens (primary N) is 1. The first-order chi connectivity index (χ1) is 16.0. The van der Waals surface area contributed by atoms with Crippen LogP contribution >= 0.6 is 12.4 Å². The van der Waals surface area contributed by atoms with Crippen molar-refractivity contribution in [1.29, 1.82) is 5.41 Å². The minimum atomic E-state index is -0.367. The highest BCUT2D eigenvalue weighted by Crippen LogP contribution is 2.23. The summed E-state index contributed by atoms with van der Waals surface area (Å²) in [6.07, 6.45) is 0.117. The molecule has 1 amide bonds. The first-order valence-corrected chi connectivity index (χ1v) is 10.6. The van der Waals surface area contributed by atoms with E-state index in [0.717, 1.165) is 11.1 Å². The number of esters is 1. The molecule has 8 heteroatoms. The molecule has 3 N–H and O–H groups in total. The zero-order valence-corrected chi connectivity index (χ0v) is 19.7. The zero-order chi connectivity index (χ0) is 23.6. The van der Waals surface area contributed by atoms with Gasteiger partial charge in [0.1, 0.15) is 18.2 Å². The fourth-order valence-corrected chi connectivity index (χ4v) is 3.27. The third-order valence-corrected chi connectivity index (χ3v) is 5.13. The summed E-state index contributed by atoms with van der Waals surface area (Å²) in [5.41, 5.74) is 8.76. The lowest BCUT2D eigenvalue weighted by atomic mass is 10.0. The first-order valence-electron chi connectivity index (χ1n) is 10.6. The van der Waals surface area contributed by atoms with E-state index >= 15 is 0 Å². The van der Waals surface area contributed by atoms with E-state index in [4.69, 9.17) is 20.6 Å². The number of nitrogens with one attached hydrogen (secondary N) is 1. The van der Waals surface area contributed by atoms with Crippen molar-refractivity contribution < 1.29 is 19.1 Å². The quantitative estimate of drug-likeness (QED) is 0.257. The lowest BCUT2D eigenvalue weighted by Gasteiger charge is -2.22. The van der Waals surface area contributed by atoms with E-state index in [2.05, 4.69) is 0 Å². The summed E-state index contributed by atoms with van der Waals surface area (Å²) in [5.74, 6) is 0.192. The number of amides is 1. The molecule has 0 atom stereocenters. The van der Waals surface area contributed by atoms with E-state index in [1.807, 2.05) is 54.6 Å². The van der Waals surface area contributed by atoms with Gasteiger partial charge in [-0.25, -0.2) is 0 Å². The van der Waals surface area contributed by atoms with Gasteiger partial charge in [0, 0.05) is 17.7 Å². The van der Waals surface area contributed by atoms with Crippen LogP contribution in [0.1, 0.15) is 22.3 Å². The van der Waals surface area contributed by atoms with Crippen LogP contribution in [-0.4, -0.2) is 49.4 Å². The maximum Gasteiger partial charge on any atom is 0.307 e. The number of amidine groups is 1. The summed E-state index contributed by atoms with van der Waals surface area (Å²) in [6, 6.07) is 24.0. The first kappa shape index (κ1) is 26.4. The number of halogens is 1. The molecule has 178 valence electrons. The van der Waals surface area contributed by atoms with Gasteiger partial charge in [-0.1, -0.05) is 54.6 Å². The second kappa shape index (κ2) is 13.0. The molecule has 34 heavy (non-hydrogen) atoms. The van der Waals surface area contributed by atoms with Gasteiger partial charge >= 0.3 is 5.97 Å². The predicted molar refractivity (Wildman–Crippen MR) is 135 cm³/mol. The molecule has 0 saturated heterocycles. The van der Waals surface area contributed by atoms with E-state index in [-0.39, 0.29) is 49.7 Å². The smallest absolute Gasteiger partial charge is 0.307 e. The van der Waals surface area contributed by atoms with E-state index in [0.29, 0.717) is 23.4 Å². The number of carbonyl (C=O) groups is 2. The van der Waals surface area contributed by atoms with Crippen LogP contribution in [-0.2, 0) is 9.53 Å². The summed E-state index contributed by atoms with van der Waals surface area (Å²) in [4.78, 5) is 26.0. The molecule has 0 radical (unpaired) electrons. The summed E-state index contributed by atoms with van der Waals surface area (Å²) in [6.45, 7) is 0.865. The van der Waals surface area contributed by atoms with Gasteiger partial charge in [-0.2, -0.15) is 0 Å². The molecule has 0 bridgehead atoms. The molecule has 0 fully saturated rings. The fraction of sp³-hybridized carbons (Fsp3) is 0.192. The van der Waals surface area contributed by atoms with Gasteiger partial charge in [0.15, 0.2) is 0 Å². The van der Waals surface area contributed by atoms with Crippen LogP contribution in [0.2, 0.25) is 0 Å². The van der Waals surface area contributed by atoms with Gasteiger partial charge in [0.05, 0.1) is 20.1 Å². The number of nitrogens with zero attached hydrogens (tertiary/aromatic N) is 1. The van der Waals surface area contributed by atoms with E-state index in [1.54, 1.807) is 29.2 Å². The largest absolute Gasteiger partial charge is 0.492 e. The molecule has 3 rings (SSSR count). The molecular weight excluding hydrogens is 454 g/mol. The van der Waals surface area contributed by atoms with Gasteiger partial charge in [0.25, 0.3) is 5.91 Å². The molecule has 0 aliphatic rings. The Morgan fingerprint density at radius 2 is 1.44 bits per heavy atom. The number of nitrogen functional groups attached to an aromatic ring is 1. The molecule has 3 aromatic carbocycles. The zero-order valence-electron chi connectivity index (χ0n) is 18.9.